The Morgan fingerprint density at radius 2 is 1.81 bits per heavy atom. The second-order valence-corrected chi connectivity index (χ2v) is 16.0. The van der Waals surface area contributed by atoms with Crippen molar-refractivity contribution in [1.82, 2.24) is 9.21 Å². The van der Waals surface area contributed by atoms with Crippen LogP contribution in [0.3, 0.4) is 0 Å². The molecule has 1 unspecified atom stereocenters. The second kappa shape index (κ2) is 8.26. The van der Waals surface area contributed by atoms with Crippen LogP contribution in [0.15, 0.2) is 0 Å². The van der Waals surface area contributed by atoms with Gasteiger partial charge in [-0.3, -0.25) is 9.69 Å². The number of sulfonamides is 1. The minimum atomic E-state index is -3.49. The van der Waals surface area contributed by atoms with Gasteiger partial charge >= 0.3 is 5.97 Å². The molecular weight excluding hydrogens is 372 g/mol. The zero-order chi connectivity index (χ0) is 20.5. The van der Waals surface area contributed by atoms with Crippen molar-refractivity contribution in [3.8, 4) is 0 Å². The van der Waals surface area contributed by atoms with Crippen LogP contribution >= 0.6 is 0 Å². The molecule has 0 aromatic rings. The maximum atomic E-state index is 12.8. The quantitative estimate of drug-likeness (QED) is 0.652. The van der Waals surface area contributed by atoms with Crippen LogP contribution in [-0.2, 0) is 19.2 Å². The van der Waals surface area contributed by atoms with Gasteiger partial charge in [0.25, 0.3) is 0 Å². The third-order valence-corrected chi connectivity index (χ3v) is 12.3. The van der Waals surface area contributed by atoms with Crippen LogP contribution < -0.4 is 0 Å². The summed E-state index contributed by atoms with van der Waals surface area (Å²) in [5, 5.41) is 8.87. The Hall–Kier alpha value is -0.483. The van der Waals surface area contributed by atoms with Crippen molar-refractivity contribution in [1.29, 1.82) is 0 Å². The van der Waals surface area contributed by atoms with Crippen molar-refractivity contribution in [2.24, 2.45) is 0 Å². The van der Waals surface area contributed by atoms with E-state index in [1.807, 2.05) is 11.8 Å². The minimum absolute atomic E-state index is 0.0699. The van der Waals surface area contributed by atoms with Gasteiger partial charge in [0.2, 0.25) is 10.0 Å². The summed E-state index contributed by atoms with van der Waals surface area (Å²) in [6.45, 7) is 16.6. The summed E-state index contributed by atoms with van der Waals surface area (Å²) in [4.78, 5) is 13.4. The Labute approximate surface area is 159 Å². The number of piperazine rings is 1. The van der Waals surface area contributed by atoms with Gasteiger partial charge < -0.3 is 9.53 Å². The molecule has 1 aliphatic heterocycles. The van der Waals surface area contributed by atoms with E-state index in [0.717, 1.165) is 0 Å². The van der Waals surface area contributed by atoms with Crippen molar-refractivity contribution >= 4 is 24.3 Å². The van der Waals surface area contributed by atoms with Gasteiger partial charge in [-0.1, -0.05) is 27.7 Å². The molecule has 154 valence electrons. The SMILES string of the molecule is CCC(C(=O)O)N1CCN(S(=O)(=O)C(C)C)[C@H](O[Si](C)(C)C(C)(C)C)C1. The molecule has 1 rings (SSSR count). The van der Waals surface area contributed by atoms with Crippen molar-refractivity contribution < 1.29 is 22.7 Å². The highest BCUT2D eigenvalue weighted by molar-refractivity contribution is 7.89. The van der Waals surface area contributed by atoms with Crippen LogP contribution in [0.5, 0.6) is 0 Å². The minimum Gasteiger partial charge on any atom is -0.480 e. The summed E-state index contributed by atoms with van der Waals surface area (Å²) in [5.74, 6) is -0.876. The predicted octanol–water partition coefficient (Wildman–Crippen LogP) is 2.55. The highest BCUT2D eigenvalue weighted by atomic mass is 32.2. The summed E-state index contributed by atoms with van der Waals surface area (Å²) in [6, 6.07) is -0.621. The molecule has 9 heteroatoms. The molecule has 0 aromatic carbocycles. The van der Waals surface area contributed by atoms with E-state index in [1.165, 1.54) is 4.31 Å². The third kappa shape index (κ3) is 5.07. The first-order valence-corrected chi connectivity index (χ1v) is 13.7. The second-order valence-electron chi connectivity index (χ2n) is 8.79. The summed E-state index contributed by atoms with van der Waals surface area (Å²) < 4.78 is 33.6. The molecule has 0 aliphatic carbocycles. The Morgan fingerprint density at radius 1 is 1.27 bits per heavy atom. The van der Waals surface area contributed by atoms with Crippen LogP contribution in [-0.4, -0.2) is 74.2 Å². The number of carboxylic acid groups (broad SMARTS) is 1. The maximum absolute atomic E-state index is 12.8. The Balaban J connectivity index is 3.20. The molecule has 0 bridgehead atoms. The van der Waals surface area contributed by atoms with E-state index in [9.17, 15) is 18.3 Å². The highest BCUT2D eigenvalue weighted by Crippen LogP contribution is 2.38. The lowest BCUT2D eigenvalue weighted by Crippen LogP contribution is -2.63. The van der Waals surface area contributed by atoms with E-state index in [-0.39, 0.29) is 18.1 Å². The van der Waals surface area contributed by atoms with Gasteiger partial charge in [0.05, 0.1) is 5.25 Å². The van der Waals surface area contributed by atoms with Gasteiger partial charge in [-0.25, -0.2) is 8.42 Å². The molecule has 1 N–H and O–H groups in total. The van der Waals surface area contributed by atoms with Crippen molar-refractivity contribution in [3.05, 3.63) is 0 Å². The summed E-state index contributed by atoms with van der Waals surface area (Å²) in [5.41, 5.74) is 0. The monoisotopic (exact) mass is 408 g/mol. The van der Waals surface area contributed by atoms with Gasteiger partial charge in [0.15, 0.2) is 8.32 Å². The smallest absolute Gasteiger partial charge is 0.320 e. The van der Waals surface area contributed by atoms with Crippen molar-refractivity contribution in [2.75, 3.05) is 19.6 Å². The molecule has 1 aliphatic rings. The zero-order valence-corrected chi connectivity index (χ0v) is 19.3. The normalized spacial score (nSPS) is 22.6. The fraction of sp³-hybridized carbons (Fsp3) is 0.941. The number of hydrogen-bond donors (Lipinski definition) is 1. The number of carboxylic acids is 1. The largest absolute Gasteiger partial charge is 0.480 e. The van der Waals surface area contributed by atoms with E-state index in [4.69, 9.17) is 4.43 Å². The summed E-state index contributed by atoms with van der Waals surface area (Å²) in [7, 11) is -5.72. The average Bonchev–Trinajstić information content (AvgIpc) is 2.45. The number of nitrogens with zero attached hydrogens (tertiary/aromatic N) is 2. The first kappa shape index (κ1) is 23.6. The molecule has 0 saturated carbocycles. The standard InChI is InChI=1S/C17H36N2O5SSi/c1-9-14(16(20)21)18-10-11-19(25(22,23)13(2)3)15(12-18)24-26(7,8)17(4,5)6/h13-15H,9-12H2,1-8H3,(H,20,21)/t14?,15-/m1/s1. The molecule has 1 saturated heterocycles. The van der Waals surface area contributed by atoms with Crippen LogP contribution in [0.2, 0.25) is 18.1 Å². The summed E-state index contributed by atoms with van der Waals surface area (Å²) in [6.07, 6.45) is -0.176. The van der Waals surface area contributed by atoms with E-state index in [0.29, 0.717) is 13.0 Å². The molecule has 0 radical (unpaired) electrons. The third-order valence-electron chi connectivity index (χ3n) is 5.59. The Bertz CT molecular complexity index is 601. The first-order chi connectivity index (χ1) is 11.6. The maximum Gasteiger partial charge on any atom is 0.320 e. The molecule has 0 spiro atoms. The van der Waals surface area contributed by atoms with Gasteiger partial charge in [-0.2, -0.15) is 4.31 Å². The van der Waals surface area contributed by atoms with Crippen molar-refractivity contribution in [3.63, 3.8) is 0 Å². The van der Waals surface area contributed by atoms with Crippen molar-refractivity contribution in [2.45, 2.75) is 83.6 Å². The van der Waals surface area contributed by atoms with Gasteiger partial charge in [0, 0.05) is 19.6 Å². The predicted molar refractivity (Wildman–Crippen MR) is 106 cm³/mol. The van der Waals surface area contributed by atoms with Gasteiger partial charge in [-0.05, 0) is 38.4 Å². The number of rotatable bonds is 7. The highest BCUT2D eigenvalue weighted by Gasteiger charge is 2.46. The lowest BCUT2D eigenvalue weighted by molar-refractivity contribution is -0.145. The Morgan fingerprint density at radius 3 is 2.19 bits per heavy atom. The zero-order valence-electron chi connectivity index (χ0n) is 17.4. The van der Waals surface area contributed by atoms with E-state index in [1.54, 1.807) is 13.8 Å². The van der Waals surface area contributed by atoms with Gasteiger partial charge in [0.1, 0.15) is 12.3 Å². The number of aliphatic carboxylic acids is 1. The Kier molecular flexibility index (Phi) is 7.48. The van der Waals surface area contributed by atoms with Crippen LogP contribution in [0.4, 0.5) is 0 Å². The van der Waals surface area contributed by atoms with Gasteiger partial charge in [-0.15, -0.1) is 0 Å². The molecule has 7 nitrogen and oxygen atoms in total. The van der Waals surface area contributed by atoms with E-state index >= 15 is 0 Å². The fourth-order valence-electron chi connectivity index (χ4n) is 2.80. The first-order valence-electron chi connectivity index (χ1n) is 9.30. The molecule has 0 aromatic heterocycles. The molecule has 2 atom stereocenters. The lowest BCUT2D eigenvalue weighted by Gasteiger charge is -2.47. The molecule has 26 heavy (non-hydrogen) atoms. The fourth-order valence-corrected chi connectivity index (χ4v) is 5.43. The molecule has 1 fully saturated rings. The number of hydrogen-bond acceptors (Lipinski definition) is 5. The number of carbonyl (C=O) groups is 1. The molecular formula is C17H36N2O5SSi. The summed E-state index contributed by atoms with van der Waals surface area (Å²) >= 11 is 0. The molecule has 0 amide bonds. The van der Waals surface area contributed by atoms with E-state index in [2.05, 4.69) is 33.9 Å². The van der Waals surface area contributed by atoms with E-state index < -0.39 is 41.8 Å². The average molecular weight is 409 g/mol. The molecule has 1 heterocycles. The lowest BCUT2D eigenvalue weighted by atomic mass is 10.1. The topological polar surface area (TPSA) is 87.2 Å². The van der Waals surface area contributed by atoms with Crippen LogP contribution in [0.25, 0.3) is 0 Å². The van der Waals surface area contributed by atoms with Crippen LogP contribution in [0.1, 0.15) is 48.0 Å². The van der Waals surface area contributed by atoms with Crippen LogP contribution in [0, 0.1) is 0 Å².